The number of hydrogen-bond acceptors (Lipinski definition) is 1. The number of rotatable bonds is 9. The molecule has 36 heavy (non-hydrogen) atoms. The van der Waals surface area contributed by atoms with Crippen LogP contribution in [0.25, 0.3) is 6.08 Å². The van der Waals surface area contributed by atoms with Crippen LogP contribution in [0.15, 0.2) is 36.4 Å². The Kier molecular flexibility index (Phi) is 9.56. The van der Waals surface area contributed by atoms with Crippen molar-refractivity contribution in [2.75, 3.05) is 7.11 Å². The number of hydrogen-bond donors (Lipinski definition) is 0. The first-order chi connectivity index (χ1) is 17.5. The largest absolute Gasteiger partial charge is 0.497 e. The van der Waals surface area contributed by atoms with E-state index in [2.05, 4.69) is 13.0 Å². The minimum Gasteiger partial charge on any atom is -0.497 e. The molecule has 2 aliphatic carbocycles. The van der Waals surface area contributed by atoms with Gasteiger partial charge in [0.2, 0.25) is 0 Å². The van der Waals surface area contributed by atoms with Crippen molar-refractivity contribution in [3.63, 3.8) is 0 Å². The van der Waals surface area contributed by atoms with E-state index in [1.54, 1.807) is 12.1 Å². The number of unbranched alkanes of at least 4 members (excludes halogenated alkanes) is 2. The highest BCUT2D eigenvalue weighted by molar-refractivity contribution is 5.52. The van der Waals surface area contributed by atoms with Gasteiger partial charge in [-0.15, -0.1) is 0 Å². The molecule has 2 aliphatic rings. The molecule has 2 fully saturated rings. The first-order valence-corrected chi connectivity index (χ1v) is 14.0. The summed E-state index contributed by atoms with van der Waals surface area (Å²) in [6.45, 7) is 2.23. The van der Waals surface area contributed by atoms with Crippen LogP contribution in [0, 0.1) is 29.3 Å². The fourth-order valence-electron chi connectivity index (χ4n) is 6.29. The van der Waals surface area contributed by atoms with Gasteiger partial charge in [0.25, 0.3) is 0 Å². The van der Waals surface area contributed by atoms with E-state index in [-0.39, 0.29) is 17.7 Å². The minimum atomic E-state index is -0.628. The third-order valence-electron chi connectivity index (χ3n) is 8.61. The number of ether oxygens (including phenoxy) is 1. The van der Waals surface area contributed by atoms with Crippen LogP contribution in [-0.2, 0) is 0 Å². The van der Waals surface area contributed by atoms with Crippen molar-refractivity contribution >= 4 is 6.08 Å². The van der Waals surface area contributed by atoms with Gasteiger partial charge in [0.1, 0.15) is 11.6 Å². The lowest BCUT2D eigenvalue weighted by Crippen LogP contribution is -2.17. The zero-order valence-electron chi connectivity index (χ0n) is 21.9. The SMILES string of the molecule is CCCCCC1CCC(c2ccc(C3CCC(/C=C/c4ccc(OC)cc4F)CC3)c(F)c2F)CC1. The molecule has 0 aromatic heterocycles. The molecule has 0 heterocycles. The van der Waals surface area contributed by atoms with Crippen LogP contribution < -0.4 is 4.74 Å². The lowest BCUT2D eigenvalue weighted by molar-refractivity contribution is 0.297. The molecule has 196 valence electrons. The molecule has 1 nitrogen and oxygen atoms in total. The van der Waals surface area contributed by atoms with E-state index in [9.17, 15) is 4.39 Å². The smallest absolute Gasteiger partial charge is 0.162 e. The number of halogens is 3. The zero-order chi connectivity index (χ0) is 25.5. The van der Waals surface area contributed by atoms with Gasteiger partial charge in [0, 0.05) is 11.6 Å². The molecule has 2 aromatic rings. The van der Waals surface area contributed by atoms with Crippen molar-refractivity contribution in [2.45, 2.75) is 95.8 Å². The molecule has 4 rings (SSSR count). The Labute approximate surface area is 215 Å². The van der Waals surface area contributed by atoms with Gasteiger partial charge in [0.15, 0.2) is 11.6 Å². The second-order valence-corrected chi connectivity index (χ2v) is 10.9. The Morgan fingerprint density at radius 2 is 1.42 bits per heavy atom. The molecule has 0 bridgehead atoms. The van der Waals surface area contributed by atoms with Crippen LogP contribution in [0.2, 0.25) is 0 Å². The number of benzene rings is 2. The molecule has 0 saturated heterocycles. The fourth-order valence-corrected chi connectivity index (χ4v) is 6.29. The standard InChI is InChI=1S/C32H41F3O/c1-3-4-5-6-22-7-12-24(13-8-22)28-19-20-29(32(35)31(28)34)25-14-9-23(10-15-25)11-16-26-17-18-27(36-2)21-30(26)33/h11,16-25H,3-10,12-15H2,1-2H3/b16-11+. The highest BCUT2D eigenvalue weighted by atomic mass is 19.2. The molecule has 0 aliphatic heterocycles. The van der Waals surface area contributed by atoms with E-state index in [0.717, 1.165) is 57.3 Å². The summed E-state index contributed by atoms with van der Waals surface area (Å²) in [6.07, 6.45) is 16.6. The van der Waals surface area contributed by atoms with Crippen molar-refractivity contribution in [3.05, 3.63) is 70.5 Å². The van der Waals surface area contributed by atoms with Gasteiger partial charge in [-0.2, -0.15) is 0 Å². The quantitative estimate of drug-likeness (QED) is 0.313. The maximum atomic E-state index is 15.2. The average molecular weight is 499 g/mol. The van der Waals surface area contributed by atoms with E-state index in [4.69, 9.17) is 4.74 Å². The van der Waals surface area contributed by atoms with Crippen LogP contribution >= 0.6 is 0 Å². The first kappa shape index (κ1) is 26.8. The maximum Gasteiger partial charge on any atom is 0.162 e. The summed E-state index contributed by atoms with van der Waals surface area (Å²) in [4.78, 5) is 0. The third kappa shape index (κ3) is 6.55. The second-order valence-electron chi connectivity index (χ2n) is 10.9. The van der Waals surface area contributed by atoms with E-state index >= 15 is 8.78 Å². The number of allylic oxidation sites excluding steroid dienone is 1. The van der Waals surface area contributed by atoms with Gasteiger partial charge in [-0.25, -0.2) is 13.2 Å². The predicted octanol–water partition coefficient (Wildman–Crippen LogP) is 9.95. The van der Waals surface area contributed by atoms with Gasteiger partial charge in [-0.05, 0) is 98.3 Å². The fraction of sp³-hybridized carbons (Fsp3) is 0.562. The summed E-state index contributed by atoms with van der Waals surface area (Å²) in [5.41, 5.74) is 1.66. The van der Waals surface area contributed by atoms with Crippen LogP contribution in [0.1, 0.15) is 112 Å². The van der Waals surface area contributed by atoms with Gasteiger partial charge < -0.3 is 4.74 Å². The van der Waals surface area contributed by atoms with Crippen molar-refractivity contribution in [2.24, 2.45) is 11.8 Å². The summed E-state index contributed by atoms with van der Waals surface area (Å²) in [7, 11) is 1.52. The van der Waals surface area contributed by atoms with Crippen LogP contribution in [-0.4, -0.2) is 7.11 Å². The monoisotopic (exact) mass is 498 g/mol. The average Bonchev–Trinajstić information content (AvgIpc) is 2.90. The molecule has 0 unspecified atom stereocenters. The Hall–Kier alpha value is -2.23. The maximum absolute atomic E-state index is 15.2. The van der Waals surface area contributed by atoms with Gasteiger partial charge >= 0.3 is 0 Å². The molecule has 2 aromatic carbocycles. The summed E-state index contributed by atoms with van der Waals surface area (Å²) >= 11 is 0. The van der Waals surface area contributed by atoms with E-state index in [0.29, 0.717) is 28.4 Å². The lowest BCUT2D eigenvalue weighted by atomic mass is 9.75. The van der Waals surface area contributed by atoms with Gasteiger partial charge in [0.05, 0.1) is 7.11 Å². The summed E-state index contributed by atoms with van der Waals surface area (Å²) < 4.78 is 49.7. The van der Waals surface area contributed by atoms with Gasteiger partial charge in [-0.1, -0.05) is 56.9 Å². The van der Waals surface area contributed by atoms with E-state index in [1.165, 1.54) is 38.9 Å². The Morgan fingerprint density at radius 3 is 1.97 bits per heavy atom. The number of methoxy groups -OCH3 is 1. The molecule has 0 spiro atoms. The molecule has 0 N–H and O–H groups in total. The highest BCUT2D eigenvalue weighted by Gasteiger charge is 2.29. The zero-order valence-corrected chi connectivity index (χ0v) is 21.9. The molecular weight excluding hydrogens is 457 g/mol. The summed E-state index contributed by atoms with van der Waals surface area (Å²) in [6, 6.07) is 8.58. The third-order valence-corrected chi connectivity index (χ3v) is 8.61. The molecule has 0 atom stereocenters. The van der Waals surface area contributed by atoms with Crippen LogP contribution in [0.3, 0.4) is 0 Å². The predicted molar refractivity (Wildman–Crippen MR) is 142 cm³/mol. The van der Waals surface area contributed by atoms with Crippen LogP contribution in [0.5, 0.6) is 5.75 Å². The highest BCUT2D eigenvalue weighted by Crippen LogP contribution is 2.42. The van der Waals surface area contributed by atoms with Crippen molar-refractivity contribution in [1.29, 1.82) is 0 Å². The molecule has 4 heteroatoms. The Balaban J connectivity index is 1.32. The Bertz CT molecular complexity index is 1010. The second kappa shape index (κ2) is 12.8. The van der Waals surface area contributed by atoms with E-state index in [1.807, 2.05) is 18.2 Å². The van der Waals surface area contributed by atoms with Crippen molar-refractivity contribution in [3.8, 4) is 5.75 Å². The first-order valence-electron chi connectivity index (χ1n) is 14.0. The molecule has 0 amide bonds. The van der Waals surface area contributed by atoms with Crippen molar-refractivity contribution < 1.29 is 17.9 Å². The lowest BCUT2D eigenvalue weighted by Gasteiger charge is -2.30. The Morgan fingerprint density at radius 1 is 0.806 bits per heavy atom. The summed E-state index contributed by atoms with van der Waals surface area (Å²) in [5.74, 6) is 0.228. The topological polar surface area (TPSA) is 9.23 Å². The molecular formula is C32H41F3O. The molecule has 0 radical (unpaired) electrons. The van der Waals surface area contributed by atoms with Crippen LogP contribution in [0.4, 0.5) is 13.2 Å². The van der Waals surface area contributed by atoms with Crippen molar-refractivity contribution in [1.82, 2.24) is 0 Å². The normalized spacial score (nSPS) is 24.8. The molecule has 2 saturated carbocycles. The van der Waals surface area contributed by atoms with Gasteiger partial charge in [-0.3, -0.25) is 0 Å². The summed E-state index contributed by atoms with van der Waals surface area (Å²) in [5, 5.41) is 0. The van der Waals surface area contributed by atoms with E-state index < -0.39 is 11.6 Å². The minimum absolute atomic E-state index is 0.0465.